The molecule has 0 atom stereocenters. The number of halogens is 1. The van der Waals surface area contributed by atoms with Crippen LogP contribution in [0.25, 0.3) is 0 Å². The molecule has 0 bridgehead atoms. The Labute approximate surface area is 129 Å². The smallest absolute Gasteiger partial charge is 0.238 e. The minimum Gasteiger partial charge on any atom is -0.325 e. The van der Waals surface area contributed by atoms with E-state index in [2.05, 4.69) is 10.2 Å². The summed E-state index contributed by atoms with van der Waals surface area (Å²) in [6, 6.07) is 16.5. The molecule has 0 radical (unpaired) electrons. The van der Waals surface area contributed by atoms with Crippen molar-refractivity contribution in [2.24, 2.45) is 0 Å². The van der Waals surface area contributed by atoms with Crippen LogP contribution in [0.5, 0.6) is 0 Å². The summed E-state index contributed by atoms with van der Waals surface area (Å²) in [6.07, 6.45) is 2.15. The van der Waals surface area contributed by atoms with E-state index in [1.165, 1.54) is 6.07 Å². The summed E-state index contributed by atoms with van der Waals surface area (Å²) in [5.74, 6) is -0.272. The van der Waals surface area contributed by atoms with Crippen LogP contribution >= 0.6 is 0 Å². The van der Waals surface area contributed by atoms with Crippen LogP contribution < -0.4 is 5.32 Å². The van der Waals surface area contributed by atoms with E-state index in [9.17, 15) is 9.18 Å². The van der Waals surface area contributed by atoms with E-state index in [0.29, 0.717) is 18.2 Å². The van der Waals surface area contributed by atoms with Crippen LogP contribution in [0.15, 0.2) is 54.6 Å². The van der Waals surface area contributed by atoms with Gasteiger partial charge in [0.05, 0.1) is 6.54 Å². The molecule has 0 aliphatic heterocycles. The number of nitrogens with one attached hydrogen (secondary N) is 1. The standard InChI is InChI=1S/C18H19FN2O/c19-17-9-5-4-6-14(17)12-21(16-10-11-16)13-18(22)20-15-7-2-1-3-8-15/h1-9,16H,10-13H2,(H,20,22). The summed E-state index contributed by atoms with van der Waals surface area (Å²) < 4.78 is 13.8. The fraction of sp³-hybridized carbons (Fsp3) is 0.278. The minimum absolute atomic E-state index is 0.0607. The number of carbonyl (C=O) groups excluding carboxylic acids is 1. The highest BCUT2D eigenvalue weighted by Crippen LogP contribution is 2.28. The van der Waals surface area contributed by atoms with Crippen molar-refractivity contribution in [3.63, 3.8) is 0 Å². The van der Waals surface area contributed by atoms with Crippen molar-refractivity contribution in [3.8, 4) is 0 Å². The Balaban J connectivity index is 1.62. The Kier molecular flexibility index (Phi) is 4.49. The zero-order valence-electron chi connectivity index (χ0n) is 12.3. The van der Waals surface area contributed by atoms with Gasteiger partial charge < -0.3 is 5.32 Å². The highest BCUT2D eigenvalue weighted by Gasteiger charge is 2.30. The second-order valence-electron chi connectivity index (χ2n) is 5.64. The Morgan fingerprint density at radius 2 is 1.77 bits per heavy atom. The van der Waals surface area contributed by atoms with Gasteiger partial charge in [0.1, 0.15) is 5.82 Å². The van der Waals surface area contributed by atoms with E-state index < -0.39 is 0 Å². The lowest BCUT2D eigenvalue weighted by molar-refractivity contribution is -0.117. The van der Waals surface area contributed by atoms with Crippen LogP contribution in [-0.4, -0.2) is 23.4 Å². The number of rotatable bonds is 6. The van der Waals surface area contributed by atoms with Crippen molar-refractivity contribution in [2.75, 3.05) is 11.9 Å². The zero-order chi connectivity index (χ0) is 15.4. The number of anilines is 1. The molecule has 0 heterocycles. The molecule has 1 aliphatic rings. The molecule has 2 aromatic rings. The maximum absolute atomic E-state index is 13.8. The van der Waals surface area contributed by atoms with E-state index >= 15 is 0 Å². The van der Waals surface area contributed by atoms with E-state index in [1.54, 1.807) is 12.1 Å². The molecule has 4 heteroatoms. The number of para-hydroxylation sites is 1. The van der Waals surface area contributed by atoms with Crippen LogP contribution in [0, 0.1) is 5.82 Å². The Bertz CT molecular complexity index is 641. The van der Waals surface area contributed by atoms with Gasteiger partial charge in [-0.15, -0.1) is 0 Å². The summed E-state index contributed by atoms with van der Waals surface area (Å²) in [6.45, 7) is 0.757. The van der Waals surface area contributed by atoms with Crippen LogP contribution in [-0.2, 0) is 11.3 Å². The number of hydrogen-bond donors (Lipinski definition) is 1. The number of hydrogen-bond acceptors (Lipinski definition) is 2. The van der Waals surface area contributed by atoms with Gasteiger partial charge in [-0.1, -0.05) is 36.4 Å². The zero-order valence-corrected chi connectivity index (χ0v) is 12.3. The third-order valence-corrected chi connectivity index (χ3v) is 3.80. The Morgan fingerprint density at radius 1 is 1.09 bits per heavy atom. The molecule has 1 N–H and O–H groups in total. The lowest BCUT2D eigenvalue weighted by atomic mass is 10.2. The van der Waals surface area contributed by atoms with Crippen LogP contribution in [0.2, 0.25) is 0 Å². The first kappa shape index (κ1) is 14.7. The molecule has 1 saturated carbocycles. The highest BCUT2D eigenvalue weighted by atomic mass is 19.1. The van der Waals surface area contributed by atoms with Crippen LogP contribution in [0.1, 0.15) is 18.4 Å². The quantitative estimate of drug-likeness (QED) is 0.886. The van der Waals surface area contributed by atoms with Gasteiger partial charge in [0.25, 0.3) is 0 Å². The number of carbonyl (C=O) groups is 1. The van der Waals surface area contributed by atoms with E-state index in [4.69, 9.17) is 0 Å². The summed E-state index contributed by atoms with van der Waals surface area (Å²) in [5.41, 5.74) is 1.43. The molecule has 3 rings (SSSR count). The van der Waals surface area contributed by atoms with Crippen molar-refractivity contribution in [1.82, 2.24) is 4.90 Å². The molecular weight excluding hydrogens is 279 g/mol. The second kappa shape index (κ2) is 6.71. The highest BCUT2D eigenvalue weighted by molar-refractivity contribution is 5.92. The largest absolute Gasteiger partial charge is 0.325 e. The topological polar surface area (TPSA) is 32.3 Å². The number of nitrogens with zero attached hydrogens (tertiary/aromatic N) is 1. The average molecular weight is 298 g/mol. The molecular formula is C18H19FN2O. The van der Waals surface area contributed by atoms with Crippen LogP contribution in [0.3, 0.4) is 0 Å². The summed E-state index contributed by atoms with van der Waals surface area (Å²) in [5, 5.41) is 2.88. The van der Waals surface area contributed by atoms with Gasteiger partial charge in [0, 0.05) is 23.8 Å². The minimum atomic E-state index is -0.211. The van der Waals surface area contributed by atoms with Gasteiger partial charge in [-0.25, -0.2) is 4.39 Å². The van der Waals surface area contributed by atoms with E-state index in [-0.39, 0.29) is 18.3 Å². The summed E-state index contributed by atoms with van der Waals surface area (Å²) in [7, 11) is 0. The molecule has 3 nitrogen and oxygen atoms in total. The Morgan fingerprint density at radius 3 is 2.45 bits per heavy atom. The molecule has 2 aromatic carbocycles. The molecule has 0 spiro atoms. The van der Waals surface area contributed by atoms with Crippen molar-refractivity contribution >= 4 is 11.6 Å². The molecule has 1 fully saturated rings. The van der Waals surface area contributed by atoms with Crippen LogP contribution in [0.4, 0.5) is 10.1 Å². The van der Waals surface area contributed by atoms with Gasteiger partial charge >= 0.3 is 0 Å². The first-order chi connectivity index (χ1) is 10.7. The van der Waals surface area contributed by atoms with E-state index in [1.807, 2.05) is 36.4 Å². The maximum Gasteiger partial charge on any atom is 0.238 e. The first-order valence-electron chi connectivity index (χ1n) is 7.55. The average Bonchev–Trinajstić information content (AvgIpc) is 3.34. The number of amides is 1. The Hall–Kier alpha value is -2.20. The lowest BCUT2D eigenvalue weighted by Gasteiger charge is -2.21. The molecule has 0 aromatic heterocycles. The molecule has 114 valence electrons. The number of benzene rings is 2. The second-order valence-corrected chi connectivity index (χ2v) is 5.64. The normalized spacial score (nSPS) is 14.1. The molecule has 0 unspecified atom stereocenters. The third-order valence-electron chi connectivity index (χ3n) is 3.80. The predicted octanol–water partition coefficient (Wildman–Crippen LogP) is 3.43. The summed E-state index contributed by atoms with van der Waals surface area (Å²) >= 11 is 0. The molecule has 0 saturated heterocycles. The van der Waals surface area contributed by atoms with Crippen molar-refractivity contribution in [2.45, 2.75) is 25.4 Å². The third kappa shape index (κ3) is 3.92. The predicted molar refractivity (Wildman–Crippen MR) is 84.9 cm³/mol. The monoisotopic (exact) mass is 298 g/mol. The SMILES string of the molecule is O=C(CN(Cc1ccccc1F)C1CC1)Nc1ccccc1. The molecule has 22 heavy (non-hydrogen) atoms. The summed E-state index contributed by atoms with van der Waals surface area (Å²) in [4.78, 5) is 14.2. The first-order valence-corrected chi connectivity index (χ1v) is 7.55. The maximum atomic E-state index is 13.8. The van der Waals surface area contributed by atoms with Gasteiger partial charge in [-0.2, -0.15) is 0 Å². The van der Waals surface area contributed by atoms with Crippen molar-refractivity contribution < 1.29 is 9.18 Å². The van der Waals surface area contributed by atoms with Crippen molar-refractivity contribution in [3.05, 3.63) is 66.0 Å². The van der Waals surface area contributed by atoms with Gasteiger partial charge in [0.15, 0.2) is 0 Å². The van der Waals surface area contributed by atoms with Gasteiger partial charge in [0.2, 0.25) is 5.91 Å². The fourth-order valence-corrected chi connectivity index (χ4v) is 2.51. The van der Waals surface area contributed by atoms with E-state index in [0.717, 1.165) is 18.5 Å². The van der Waals surface area contributed by atoms with Gasteiger partial charge in [-0.3, -0.25) is 9.69 Å². The fourth-order valence-electron chi connectivity index (χ4n) is 2.51. The van der Waals surface area contributed by atoms with Gasteiger partial charge in [-0.05, 0) is 31.0 Å². The molecule has 1 amide bonds. The van der Waals surface area contributed by atoms with Crippen molar-refractivity contribution in [1.29, 1.82) is 0 Å². The lowest BCUT2D eigenvalue weighted by Crippen LogP contribution is -2.34. The molecule has 1 aliphatic carbocycles.